The maximum atomic E-state index is 12.5. The van der Waals surface area contributed by atoms with Crippen LogP contribution in [-0.4, -0.2) is 25.1 Å². The zero-order valence-corrected chi connectivity index (χ0v) is 17.2. The van der Waals surface area contributed by atoms with E-state index in [1.54, 1.807) is 20.3 Å². The number of carbonyl (C=O) groups excluding carboxylic acids is 1. The highest BCUT2D eigenvalue weighted by Gasteiger charge is 2.15. The van der Waals surface area contributed by atoms with E-state index >= 15 is 0 Å². The molecule has 142 valence electrons. The minimum Gasteiger partial charge on any atom is -0.493 e. The van der Waals surface area contributed by atoms with Crippen molar-refractivity contribution < 1.29 is 14.3 Å². The number of nitrogens with zero attached hydrogens (tertiary/aromatic N) is 1. The SMILES string of the molecule is COc1ccc(-c2nc(NC(=O)c3ccccc3C)sc2C)cc1OC.Cl. The molecule has 0 unspecified atom stereocenters. The number of hydrogen-bond donors (Lipinski definition) is 1. The van der Waals surface area contributed by atoms with Crippen LogP contribution in [0.2, 0.25) is 0 Å². The summed E-state index contributed by atoms with van der Waals surface area (Å²) in [6.45, 7) is 3.89. The first-order chi connectivity index (χ1) is 12.5. The number of thiazole rings is 1. The van der Waals surface area contributed by atoms with Crippen LogP contribution in [0.3, 0.4) is 0 Å². The van der Waals surface area contributed by atoms with Crippen molar-refractivity contribution in [1.29, 1.82) is 0 Å². The monoisotopic (exact) mass is 404 g/mol. The van der Waals surface area contributed by atoms with Crippen LogP contribution in [0.25, 0.3) is 11.3 Å². The van der Waals surface area contributed by atoms with Gasteiger partial charge >= 0.3 is 0 Å². The van der Waals surface area contributed by atoms with E-state index in [1.807, 2.05) is 50.2 Å². The van der Waals surface area contributed by atoms with Gasteiger partial charge < -0.3 is 9.47 Å². The number of carbonyl (C=O) groups is 1. The molecular formula is C20H21ClN2O3S. The van der Waals surface area contributed by atoms with Gasteiger partial charge in [0.15, 0.2) is 16.6 Å². The second-order valence-electron chi connectivity index (χ2n) is 5.76. The molecule has 0 saturated carbocycles. The van der Waals surface area contributed by atoms with Crippen LogP contribution in [0.1, 0.15) is 20.8 Å². The van der Waals surface area contributed by atoms with Crippen molar-refractivity contribution in [2.45, 2.75) is 13.8 Å². The summed E-state index contributed by atoms with van der Waals surface area (Å²) < 4.78 is 10.6. The zero-order valence-electron chi connectivity index (χ0n) is 15.5. The highest BCUT2D eigenvalue weighted by Crippen LogP contribution is 2.36. The van der Waals surface area contributed by atoms with E-state index in [0.29, 0.717) is 22.2 Å². The smallest absolute Gasteiger partial charge is 0.257 e. The van der Waals surface area contributed by atoms with E-state index in [9.17, 15) is 4.79 Å². The summed E-state index contributed by atoms with van der Waals surface area (Å²) in [6, 6.07) is 13.1. The fourth-order valence-corrected chi connectivity index (χ4v) is 3.52. The summed E-state index contributed by atoms with van der Waals surface area (Å²) in [5, 5.41) is 3.46. The van der Waals surface area contributed by atoms with Gasteiger partial charge in [0, 0.05) is 16.0 Å². The number of ether oxygens (including phenoxy) is 2. The van der Waals surface area contributed by atoms with Gasteiger partial charge in [0.2, 0.25) is 0 Å². The molecule has 1 aromatic heterocycles. The van der Waals surface area contributed by atoms with Crippen LogP contribution >= 0.6 is 23.7 Å². The molecule has 0 aliphatic heterocycles. The van der Waals surface area contributed by atoms with Crippen molar-refractivity contribution in [3.05, 3.63) is 58.5 Å². The lowest BCUT2D eigenvalue weighted by molar-refractivity contribution is 0.102. The van der Waals surface area contributed by atoms with E-state index in [-0.39, 0.29) is 18.3 Å². The summed E-state index contributed by atoms with van der Waals surface area (Å²) in [4.78, 5) is 18.1. The largest absolute Gasteiger partial charge is 0.493 e. The highest BCUT2D eigenvalue weighted by atomic mass is 35.5. The molecule has 0 fully saturated rings. The molecule has 3 rings (SSSR count). The number of amides is 1. The number of rotatable bonds is 5. The van der Waals surface area contributed by atoms with Crippen molar-refractivity contribution in [3.63, 3.8) is 0 Å². The average molecular weight is 405 g/mol. The molecule has 0 saturated heterocycles. The summed E-state index contributed by atoms with van der Waals surface area (Å²) in [5.41, 5.74) is 3.30. The predicted octanol–water partition coefficient (Wildman–Crippen LogP) is 5.12. The molecule has 1 heterocycles. The Hall–Kier alpha value is -2.57. The van der Waals surface area contributed by atoms with E-state index in [4.69, 9.17) is 9.47 Å². The van der Waals surface area contributed by atoms with Gasteiger partial charge in [0.25, 0.3) is 5.91 Å². The van der Waals surface area contributed by atoms with Crippen molar-refractivity contribution >= 4 is 34.8 Å². The quantitative estimate of drug-likeness (QED) is 0.641. The van der Waals surface area contributed by atoms with Crippen LogP contribution in [0, 0.1) is 13.8 Å². The van der Waals surface area contributed by atoms with Gasteiger partial charge in [-0.1, -0.05) is 18.2 Å². The van der Waals surface area contributed by atoms with Crippen LogP contribution in [0.5, 0.6) is 11.5 Å². The van der Waals surface area contributed by atoms with Crippen molar-refractivity contribution in [1.82, 2.24) is 4.98 Å². The molecule has 0 aliphatic rings. The van der Waals surface area contributed by atoms with E-state index in [2.05, 4.69) is 10.3 Å². The first kappa shape index (κ1) is 20.7. The van der Waals surface area contributed by atoms with Crippen LogP contribution in [0.4, 0.5) is 5.13 Å². The lowest BCUT2D eigenvalue weighted by Crippen LogP contribution is -2.12. The first-order valence-electron chi connectivity index (χ1n) is 8.10. The number of benzene rings is 2. The molecule has 1 amide bonds. The molecule has 0 radical (unpaired) electrons. The molecule has 0 bridgehead atoms. The summed E-state index contributed by atoms with van der Waals surface area (Å²) in [7, 11) is 3.20. The Bertz CT molecular complexity index is 956. The van der Waals surface area contributed by atoms with Crippen LogP contribution in [0.15, 0.2) is 42.5 Å². The molecule has 2 aromatic carbocycles. The molecule has 0 spiro atoms. The summed E-state index contributed by atoms with van der Waals surface area (Å²) >= 11 is 1.45. The number of aromatic nitrogens is 1. The average Bonchev–Trinajstić information content (AvgIpc) is 3.01. The lowest BCUT2D eigenvalue weighted by atomic mass is 10.1. The maximum absolute atomic E-state index is 12.5. The third kappa shape index (κ3) is 4.40. The van der Waals surface area contributed by atoms with E-state index in [0.717, 1.165) is 21.7 Å². The normalized spacial score (nSPS) is 10.1. The predicted molar refractivity (Wildman–Crippen MR) is 112 cm³/mol. The van der Waals surface area contributed by atoms with Gasteiger partial charge in [0.1, 0.15) is 0 Å². The Labute approximate surface area is 168 Å². The Balaban J connectivity index is 0.00000261. The van der Waals surface area contributed by atoms with Crippen LogP contribution < -0.4 is 14.8 Å². The molecular weight excluding hydrogens is 384 g/mol. The molecule has 3 aromatic rings. The standard InChI is InChI=1S/C20H20N2O3S.ClH/c1-12-7-5-6-8-15(12)19(23)22-20-21-18(13(2)26-20)14-9-10-16(24-3)17(11-14)25-4;/h5-11H,1-4H3,(H,21,22,23);1H. The zero-order chi connectivity index (χ0) is 18.7. The molecule has 5 nitrogen and oxygen atoms in total. The Kier molecular flexibility index (Phi) is 6.82. The van der Waals surface area contributed by atoms with Gasteiger partial charge in [-0.3, -0.25) is 10.1 Å². The molecule has 1 N–H and O–H groups in total. The Morgan fingerprint density at radius 3 is 2.41 bits per heavy atom. The van der Waals surface area contributed by atoms with E-state index < -0.39 is 0 Å². The second-order valence-corrected chi connectivity index (χ2v) is 6.97. The first-order valence-corrected chi connectivity index (χ1v) is 8.92. The fourth-order valence-electron chi connectivity index (χ4n) is 2.69. The van der Waals surface area contributed by atoms with Gasteiger partial charge in [-0.25, -0.2) is 4.98 Å². The number of methoxy groups -OCH3 is 2. The summed E-state index contributed by atoms with van der Waals surface area (Å²) in [5.74, 6) is 1.15. The van der Waals surface area contributed by atoms with E-state index in [1.165, 1.54) is 11.3 Å². The minimum absolute atomic E-state index is 0. The number of anilines is 1. The Morgan fingerprint density at radius 2 is 1.74 bits per heavy atom. The number of aryl methyl sites for hydroxylation is 2. The second kappa shape index (κ2) is 8.88. The fraction of sp³-hybridized carbons (Fsp3) is 0.200. The van der Waals surface area contributed by atoms with Gasteiger partial charge in [-0.05, 0) is 43.7 Å². The maximum Gasteiger partial charge on any atom is 0.257 e. The van der Waals surface area contributed by atoms with Crippen LogP contribution in [-0.2, 0) is 0 Å². The number of halogens is 1. The van der Waals surface area contributed by atoms with Gasteiger partial charge in [0.05, 0.1) is 19.9 Å². The van der Waals surface area contributed by atoms with Gasteiger partial charge in [-0.2, -0.15) is 0 Å². The third-order valence-corrected chi connectivity index (χ3v) is 4.95. The van der Waals surface area contributed by atoms with Crippen molar-refractivity contribution in [2.24, 2.45) is 0 Å². The third-order valence-electron chi connectivity index (χ3n) is 4.06. The highest BCUT2D eigenvalue weighted by molar-refractivity contribution is 7.16. The molecule has 0 aliphatic carbocycles. The van der Waals surface area contributed by atoms with Crippen molar-refractivity contribution in [2.75, 3.05) is 19.5 Å². The topological polar surface area (TPSA) is 60.5 Å². The molecule has 7 heteroatoms. The molecule has 27 heavy (non-hydrogen) atoms. The minimum atomic E-state index is -0.157. The number of nitrogens with one attached hydrogen (secondary N) is 1. The van der Waals surface area contributed by atoms with Crippen molar-refractivity contribution in [3.8, 4) is 22.8 Å². The van der Waals surface area contributed by atoms with Gasteiger partial charge in [-0.15, -0.1) is 23.7 Å². The lowest BCUT2D eigenvalue weighted by Gasteiger charge is -2.08. The Morgan fingerprint density at radius 1 is 1.04 bits per heavy atom. The summed E-state index contributed by atoms with van der Waals surface area (Å²) in [6.07, 6.45) is 0. The number of hydrogen-bond acceptors (Lipinski definition) is 5. The molecule has 0 atom stereocenters.